The lowest BCUT2D eigenvalue weighted by Crippen LogP contribution is -2.47. The molecule has 1 atom stereocenters. The molecule has 0 saturated carbocycles. The lowest BCUT2D eigenvalue weighted by molar-refractivity contribution is -0.0854. The van der Waals surface area contributed by atoms with Gasteiger partial charge in [-0.05, 0) is 31.7 Å². The molecule has 1 unspecified atom stereocenters. The number of nitrogens with zero attached hydrogens (tertiary/aromatic N) is 1. The Balaban J connectivity index is 1.85. The van der Waals surface area contributed by atoms with Gasteiger partial charge in [-0.2, -0.15) is 0 Å². The smallest absolute Gasteiger partial charge is 0.260 e. The van der Waals surface area contributed by atoms with Crippen LogP contribution in [0.3, 0.4) is 0 Å². The topological polar surface area (TPSA) is 21.7 Å². The van der Waals surface area contributed by atoms with E-state index in [4.69, 9.17) is 9.47 Å². The molecule has 0 aliphatic carbocycles. The molecule has 106 valence electrons. The normalized spacial score (nSPS) is 28.2. The van der Waals surface area contributed by atoms with Gasteiger partial charge in [0.25, 0.3) is 5.92 Å². The van der Waals surface area contributed by atoms with Gasteiger partial charge in [-0.15, -0.1) is 0 Å². The first-order valence-electron chi connectivity index (χ1n) is 6.81. The fourth-order valence-corrected chi connectivity index (χ4v) is 2.96. The summed E-state index contributed by atoms with van der Waals surface area (Å²) in [5.74, 6) is -2.08. The molecule has 3 nitrogen and oxygen atoms in total. The number of methoxy groups -OCH3 is 1. The SMILES string of the molecule is COC(CN1CCCC(F)(F)C1)C1CCOCC1. The van der Waals surface area contributed by atoms with Crippen molar-refractivity contribution < 1.29 is 18.3 Å². The summed E-state index contributed by atoms with van der Waals surface area (Å²) >= 11 is 0. The summed E-state index contributed by atoms with van der Waals surface area (Å²) in [4.78, 5) is 1.85. The van der Waals surface area contributed by atoms with Gasteiger partial charge in [0.1, 0.15) is 0 Å². The van der Waals surface area contributed by atoms with Crippen LogP contribution in [-0.2, 0) is 9.47 Å². The van der Waals surface area contributed by atoms with Crippen LogP contribution in [0.1, 0.15) is 25.7 Å². The molecule has 0 aromatic heterocycles. The Morgan fingerprint density at radius 3 is 2.72 bits per heavy atom. The maximum atomic E-state index is 13.3. The molecule has 0 N–H and O–H groups in total. The number of likely N-dealkylation sites (tertiary alicyclic amines) is 1. The molecule has 0 aromatic rings. The van der Waals surface area contributed by atoms with Crippen LogP contribution in [0.15, 0.2) is 0 Å². The highest BCUT2D eigenvalue weighted by atomic mass is 19.3. The van der Waals surface area contributed by atoms with Crippen molar-refractivity contribution in [2.75, 3.05) is 40.0 Å². The molecular formula is C13H23F2NO2. The van der Waals surface area contributed by atoms with E-state index in [2.05, 4.69) is 0 Å². The van der Waals surface area contributed by atoms with E-state index < -0.39 is 5.92 Å². The Bertz CT molecular complexity index is 257. The minimum Gasteiger partial charge on any atom is -0.381 e. The summed E-state index contributed by atoms with van der Waals surface area (Å²) in [7, 11) is 1.68. The van der Waals surface area contributed by atoms with Crippen LogP contribution in [0.5, 0.6) is 0 Å². The van der Waals surface area contributed by atoms with Gasteiger partial charge < -0.3 is 9.47 Å². The maximum absolute atomic E-state index is 13.3. The molecule has 0 radical (unpaired) electrons. The highest BCUT2D eigenvalue weighted by Crippen LogP contribution is 2.28. The van der Waals surface area contributed by atoms with E-state index >= 15 is 0 Å². The van der Waals surface area contributed by atoms with Crippen molar-refractivity contribution >= 4 is 0 Å². The van der Waals surface area contributed by atoms with E-state index in [0.29, 0.717) is 18.9 Å². The second kappa shape index (κ2) is 6.26. The predicted octanol–water partition coefficient (Wildman–Crippen LogP) is 2.16. The van der Waals surface area contributed by atoms with Crippen LogP contribution >= 0.6 is 0 Å². The van der Waals surface area contributed by atoms with Gasteiger partial charge in [-0.3, -0.25) is 4.90 Å². The zero-order chi connectivity index (χ0) is 13.0. The van der Waals surface area contributed by atoms with Gasteiger partial charge in [0, 0.05) is 33.3 Å². The number of rotatable bonds is 4. The second-order valence-corrected chi connectivity index (χ2v) is 5.42. The van der Waals surface area contributed by atoms with Crippen LogP contribution in [0.2, 0.25) is 0 Å². The van der Waals surface area contributed by atoms with Crippen LogP contribution in [0.4, 0.5) is 8.78 Å². The zero-order valence-corrected chi connectivity index (χ0v) is 11.0. The summed E-state index contributed by atoms with van der Waals surface area (Å²) in [6, 6.07) is 0. The van der Waals surface area contributed by atoms with Crippen molar-refractivity contribution in [3.63, 3.8) is 0 Å². The summed E-state index contributed by atoms with van der Waals surface area (Å²) in [6.07, 6.45) is 2.61. The quantitative estimate of drug-likeness (QED) is 0.776. The van der Waals surface area contributed by atoms with Crippen molar-refractivity contribution in [3.8, 4) is 0 Å². The van der Waals surface area contributed by atoms with E-state index in [0.717, 1.165) is 32.6 Å². The summed E-state index contributed by atoms with van der Waals surface area (Å²) < 4.78 is 37.5. The monoisotopic (exact) mass is 263 g/mol. The third kappa shape index (κ3) is 3.87. The lowest BCUT2D eigenvalue weighted by Gasteiger charge is -2.37. The summed E-state index contributed by atoms with van der Waals surface area (Å²) in [5, 5.41) is 0. The fraction of sp³-hybridized carbons (Fsp3) is 1.00. The van der Waals surface area contributed by atoms with Crippen molar-refractivity contribution in [2.45, 2.75) is 37.7 Å². The molecule has 5 heteroatoms. The minimum atomic E-state index is -2.52. The standard InChI is InChI=1S/C13H23F2NO2/c1-17-12(11-3-7-18-8-4-11)9-16-6-2-5-13(14,15)10-16/h11-12H,2-10H2,1H3. The minimum absolute atomic E-state index is 0.0262. The van der Waals surface area contributed by atoms with Crippen molar-refractivity contribution in [1.82, 2.24) is 4.90 Å². The first kappa shape index (κ1) is 14.2. The zero-order valence-electron chi connectivity index (χ0n) is 11.0. The average Bonchev–Trinajstić information content (AvgIpc) is 2.36. The molecule has 2 heterocycles. The molecule has 2 saturated heterocycles. The number of hydrogen-bond acceptors (Lipinski definition) is 3. The highest BCUT2D eigenvalue weighted by molar-refractivity contribution is 4.83. The first-order valence-corrected chi connectivity index (χ1v) is 6.81. The number of alkyl halides is 2. The van der Waals surface area contributed by atoms with Gasteiger partial charge in [-0.1, -0.05) is 0 Å². The third-order valence-corrected chi connectivity index (χ3v) is 4.00. The molecule has 0 bridgehead atoms. The van der Waals surface area contributed by atoms with E-state index in [9.17, 15) is 8.78 Å². The second-order valence-electron chi connectivity index (χ2n) is 5.42. The predicted molar refractivity (Wildman–Crippen MR) is 65.0 cm³/mol. The van der Waals surface area contributed by atoms with Crippen LogP contribution in [0, 0.1) is 5.92 Å². The van der Waals surface area contributed by atoms with Crippen LogP contribution in [0.25, 0.3) is 0 Å². The number of halogens is 2. The van der Waals surface area contributed by atoms with E-state index in [-0.39, 0.29) is 19.1 Å². The first-order chi connectivity index (χ1) is 8.61. The number of hydrogen-bond donors (Lipinski definition) is 0. The third-order valence-electron chi connectivity index (χ3n) is 4.00. The molecular weight excluding hydrogens is 240 g/mol. The molecule has 2 fully saturated rings. The Morgan fingerprint density at radius 1 is 1.39 bits per heavy atom. The van der Waals surface area contributed by atoms with Gasteiger partial charge in [-0.25, -0.2) is 8.78 Å². The number of piperidine rings is 1. The Hall–Kier alpha value is -0.260. The van der Waals surface area contributed by atoms with Gasteiger partial charge in [0.15, 0.2) is 0 Å². The van der Waals surface area contributed by atoms with Crippen molar-refractivity contribution in [2.24, 2.45) is 5.92 Å². The summed E-state index contributed by atoms with van der Waals surface area (Å²) in [6.45, 7) is 2.80. The largest absolute Gasteiger partial charge is 0.381 e. The van der Waals surface area contributed by atoms with Crippen molar-refractivity contribution in [1.29, 1.82) is 0 Å². The fourth-order valence-electron chi connectivity index (χ4n) is 2.96. The van der Waals surface area contributed by atoms with Crippen molar-refractivity contribution in [3.05, 3.63) is 0 Å². The van der Waals surface area contributed by atoms with Crippen LogP contribution in [-0.4, -0.2) is 56.9 Å². The maximum Gasteiger partial charge on any atom is 0.260 e. The van der Waals surface area contributed by atoms with E-state index in [1.807, 2.05) is 4.90 Å². The number of ether oxygens (including phenoxy) is 2. The lowest BCUT2D eigenvalue weighted by atomic mass is 9.93. The molecule has 2 aliphatic rings. The average molecular weight is 263 g/mol. The van der Waals surface area contributed by atoms with Gasteiger partial charge >= 0.3 is 0 Å². The molecule has 0 amide bonds. The van der Waals surface area contributed by atoms with E-state index in [1.54, 1.807) is 7.11 Å². The highest BCUT2D eigenvalue weighted by Gasteiger charge is 2.36. The molecule has 18 heavy (non-hydrogen) atoms. The summed E-state index contributed by atoms with van der Waals surface area (Å²) in [5.41, 5.74) is 0. The van der Waals surface area contributed by atoms with Crippen LogP contribution < -0.4 is 0 Å². The Labute approximate surface area is 107 Å². The molecule has 2 aliphatic heterocycles. The molecule has 0 aromatic carbocycles. The molecule has 0 spiro atoms. The van der Waals surface area contributed by atoms with E-state index in [1.165, 1.54) is 0 Å². The Kier molecular flexibility index (Phi) is 4.92. The van der Waals surface area contributed by atoms with Gasteiger partial charge in [0.05, 0.1) is 12.6 Å². The van der Waals surface area contributed by atoms with Gasteiger partial charge in [0.2, 0.25) is 0 Å². The molecule has 2 rings (SSSR count). The Morgan fingerprint density at radius 2 is 2.11 bits per heavy atom.